The molecule has 0 fully saturated rings. The highest BCUT2D eigenvalue weighted by atomic mass is 16.4. The molecule has 0 atom stereocenters. The van der Waals surface area contributed by atoms with Gasteiger partial charge in [-0.05, 0) is 12.1 Å². The van der Waals surface area contributed by atoms with Crippen LogP contribution in [0.4, 0.5) is 0 Å². The van der Waals surface area contributed by atoms with Gasteiger partial charge in [0.05, 0.1) is 11.4 Å². The van der Waals surface area contributed by atoms with E-state index in [1.165, 1.54) is 0 Å². The van der Waals surface area contributed by atoms with E-state index in [2.05, 4.69) is 5.10 Å². The quantitative estimate of drug-likeness (QED) is 0.883. The zero-order valence-corrected chi connectivity index (χ0v) is 10.7. The maximum absolute atomic E-state index is 11.3. The number of nitrogens with zero attached hydrogens (tertiary/aromatic N) is 2. The molecule has 0 aliphatic rings. The Morgan fingerprint density at radius 1 is 1.22 bits per heavy atom. The smallest absolute Gasteiger partial charge is 0.339 e. The average Bonchev–Trinajstić information content (AvgIpc) is 2.74. The fourth-order valence-corrected chi connectivity index (χ4v) is 1.80. The number of carboxylic acid groups (broad SMARTS) is 1. The number of hydrogen-bond acceptors (Lipinski definition) is 2. The molecule has 0 aliphatic heterocycles. The Morgan fingerprint density at radius 2 is 1.83 bits per heavy atom. The Hall–Kier alpha value is -2.10. The first-order valence-electron chi connectivity index (χ1n) is 5.78. The number of rotatable bonds is 2. The van der Waals surface area contributed by atoms with E-state index in [4.69, 9.17) is 0 Å². The molecule has 0 saturated carbocycles. The molecule has 0 bridgehead atoms. The topological polar surface area (TPSA) is 55.1 Å². The number of hydrogen-bond donors (Lipinski definition) is 1. The van der Waals surface area contributed by atoms with Crippen LogP contribution in [0.15, 0.2) is 36.5 Å². The number of carbonyl (C=O) groups is 1. The van der Waals surface area contributed by atoms with Gasteiger partial charge in [0.25, 0.3) is 0 Å². The summed E-state index contributed by atoms with van der Waals surface area (Å²) in [5.74, 6) is -0.942. The lowest BCUT2D eigenvalue weighted by molar-refractivity contribution is 0.0694. The third-order valence-electron chi connectivity index (χ3n) is 2.68. The molecule has 0 unspecified atom stereocenters. The minimum Gasteiger partial charge on any atom is -0.478 e. The number of para-hydroxylation sites is 1. The average molecular weight is 244 g/mol. The third kappa shape index (κ3) is 2.27. The van der Waals surface area contributed by atoms with Crippen LogP contribution in [-0.4, -0.2) is 20.9 Å². The van der Waals surface area contributed by atoms with E-state index in [-0.39, 0.29) is 11.0 Å². The summed E-state index contributed by atoms with van der Waals surface area (Å²) in [4.78, 5) is 11.3. The van der Waals surface area contributed by atoms with E-state index in [0.29, 0.717) is 5.69 Å². The van der Waals surface area contributed by atoms with Crippen molar-refractivity contribution in [3.8, 4) is 5.69 Å². The molecule has 1 aromatic carbocycles. The standard InChI is InChI=1S/C14H16N2O2/c1-14(2,3)12-11(13(17)18)9-16(15-12)10-7-5-4-6-8-10/h4-9H,1-3H3,(H,17,18). The van der Waals surface area contributed by atoms with Gasteiger partial charge in [-0.2, -0.15) is 5.10 Å². The van der Waals surface area contributed by atoms with Crippen LogP contribution in [0.2, 0.25) is 0 Å². The lowest BCUT2D eigenvalue weighted by Gasteiger charge is -2.15. The summed E-state index contributed by atoms with van der Waals surface area (Å²) in [5, 5.41) is 13.6. The van der Waals surface area contributed by atoms with Gasteiger partial charge >= 0.3 is 5.97 Å². The number of aromatic carboxylic acids is 1. The highest BCUT2D eigenvalue weighted by molar-refractivity contribution is 5.89. The molecule has 0 saturated heterocycles. The number of aromatic nitrogens is 2. The van der Waals surface area contributed by atoms with Crippen LogP contribution in [0.1, 0.15) is 36.8 Å². The molecule has 1 aromatic heterocycles. The van der Waals surface area contributed by atoms with Gasteiger partial charge in [-0.15, -0.1) is 0 Å². The molecule has 0 aliphatic carbocycles. The van der Waals surface area contributed by atoms with E-state index in [1.807, 2.05) is 51.1 Å². The minimum atomic E-state index is -0.942. The molecule has 4 nitrogen and oxygen atoms in total. The van der Waals surface area contributed by atoms with Gasteiger partial charge < -0.3 is 5.11 Å². The fourth-order valence-electron chi connectivity index (χ4n) is 1.80. The van der Waals surface area contributed by atoms with Crippen molar-refractivity contribution in [1.82, 2.24) is 9.78 Å². The molecule has 1 heterocycles. The van der Waals surface area contributed by atoms with Crippen LogP contribution in [-0.2, 0) is 5.41 Å². The minimum absolute atomic E-state index is 0.256. The first-order chi connectivity index (χ1) is 8.39. The second-order valence-corrected chi connectivity index (χ2v) is 5.23. The summed E-state index contributed by atoms with van der Waals surface area (Å²) in [6.45, 7) is 5.87. The molecule has 4 heteroatoms. The van der Waals surface area contributed by atoms with Gasteiger partial charge in [0.1, 0.15) is 5.56 Å². The lowest BCUT2D eigenvalue weighted by Crippen LogP contribution is -2.16. The second kappa shape index (κ2) is 4.29. The number of benzene rings is 1. The normalized spacial score (nSPS) is 11.5. The van der Waals surface area contributed by atoms with Gasteiger partial charge in [-0.3, -0.25) is 0 Å². The molecule has 0 radical (unpaired) electrons. The molecule has 94 valence electrons. The van der Waals surface area contributed by atoms with E-state index in [1.54, 1.807) is 10.9 Å². The zero-order chi connectivity index (χ0) is 13.3. The largest absolute Gasteiger partial charge is 0.478 e. The first kappa shape index (κ1) is 12.4. The third-order valence-corrected chi connectivity index (χ3v) is 2.68. The van der Waals surface area contributed by atoms with E-state index in [0.717, 1.165) is 5.69 Å². The van der Waals surface area contributed by atoms with Gasteiger partial charge in [-0.25, -0.2) is 9.48 Å². The molecule has 0 amide bonds. The van der Waals surface area contributed by atoms with Crippen LogP contribution >= 0.6 is 0 Å². The number of carboxylic acids is 1. The molecular weight excluding hydrogens is 228 g/mol. The lowest BCUT2D eigenvalue weighted by atomic mass is 9.90. The summed E-state index contributed by atoms with van der Waals surface area (Å²) < 4.78 is 1.62. The van der Waals surface area contributed by atoms with Crippen LogP contribution in [0.5, 0.6) is 0 Å². The van der Waals surface area contributed by atoms with Crippen molar-refractivity contribution in [3.63, 3.8) is 0 Å². The van der Waals surface area contributed by atoms with Crippen molar-refractivity contribution in [2.45, 2.75) is 26.2 Å². The van der Waals surface area contributed by atoms with Crippen molar-refractivity contribution in [1.29, 1.82) is 0 Å². The van der Waals surface area contributed by atoms with Gasteiger partial charge in [0, 0.05) is 11.6 Å². The van der Waals surface area contributed by atoms with Crippen LogP contribution in [0.3, 0.4) is 0 Å². The molecule has 2 rings (SSSR count). The second-order valence-electron chi connectivity index (χ2n) is 5.23. The summed E-state index contributed by atoms with van der Waals surface area (Å²) in [5.41, 5.74) is 1.41. The molecule has 1 N–H and O–H groups in total. The summed E-state index contributed by atoms with van der Waals surface area (Å²) >= 11 is 0. The van der Waals surface area contributed by atoms with Gasteiger partial charge in [-0.1, -0.05) is 39.0 Å². The van der Waals surface area contributed by atoms with Crippen molar-refractivity contribution in [3.05, 3.63) is 47.8 Å². The highest BCUT2D eigenvalue weighted by Gasteiger charge is 2.26. The van der Waals surface area contributed by atoms with Crippen molar-refractivity contribution in [2.24, 2.45) is 0 Å². The molecule has 18 heavy (non-hydrogen) atoms. The Morgan fingerprint density at radius 3 is 2.28 bits per heavy atom. The predicted molar refractivity (Wildman–Crippen MR) is 69.2 cm³/mol. The maximum Gasteiger partial charge on any atom is 0.339 e. The van der Waals surface area contributed by atoms with Crippen molar-refractivity contribution in [2.75, 3.05) is 0 Å². The summed E-state index contributed by atoms with van der Waals surface area (Å²) in [6, 6.07) is 9.49. The highest BCUT2D eigenvalue weighted by Crippen LogP contribution is 2.25. The first-order valence-corrected chi connectivity index (χ1v) is 5.78. The van der Waals surface area contributed by atoms with E-state index < -0.39 is 5.97 Å². The molecular formula is C14H16N2O2. The van der Waals surface area contributed by atoms with Crippen LogP contribution in [0, 0.1) is 0 Å². The Bertz CT molecular complexity index is 565. The van der Waals surface area contributed by atoms with Crippen molar-refractivity contribution < 1.29 is 9.90 Å². The van der Waals surface area contributed by atoms with Crippen LogP contribution < -0.4 is 0 Å². The molecule has 2 aromatic rings. The SMILES string of the molecule is CC(C)(C)c1nn(-c2ccccc2)cc1C(=O)O. The van der Waals surface area contributed by atoms with Gasteiger partial charge in [0.15, 0.2) is 0 Å². The van der Waals surface area contributed by atoms with Crippen LogP contribution in [0.25, 0.3) is 5.69 Å². The Kier molecular flexibility index (Phi) is 2.95. The van der Waals surface area contributed by atoms with E-state index in [9.17, 15) is 9.90 Å². The fraction of sp³-hybridized carbons (Fsp3) is 0.286. The zero-order valence-electron chi connectivity index (χ0n) is 10.7. The summed E-state index contributed by atoms with van der Waals surface area (Å²) in [6.07, 6.45) is 1.57. The molecule has 0 spiro atoms. The van der Waals surface area contributed by atoms with E-state index >= 15 is 0 Å². The Labute approximate surface area is 106 Å². The van der Waals surface area contributed by atoms with Gasteiger partial charge in [0.2, 0.25) is 0 Å². The summed E-state index contributed by atoms with van der Waals surface area (Å²) in [7, 11) is 0. The predicted octanol–water partition coefficient (Wildman–Crippen LogP) is 2.87. The van der Waals surface area contributed by atoms with Crippen molar-refractivity contribution >= 4 is 5.97 Å². The monoisotopic (exact) mass is 244 g/mol. The Balaban J connectivity index is 2.57. The maximum atomic E-state index is 11.3.